The predicted molar refractivity (Wildman–Crippen MR) is 70.4 cm³/mol. The van der Waals surface area contributed by atoms with E-state index in [-0.39, 0.29) is 11.8 Å². The van der Waals surface area contributed by atoms with Crippen LogP contribution < -0.4 is 5.32 Å². The molecule has 1 heterocycles. The molecule has 0 aromatic rings. The van der Waals surface area contributed by atoms with Crippen LogP contribution in [0.25, 0.3) is 0 Å². The summed E-state index contributed by atoms with van der Waals surface area (Å²) in [4.78, 5) is 26.0. The molecule has 1 spiro atoms. The van der Waals surface area contributed by atoms with Gasteiger partial charge >= 0.3 is 6.18 Å². The smallest absolute Gasteiger partial charge is 0.340 e. The van der Waals surface area contributed by atoms with Crippen molar-refractivity contribution in [2.24, 2.45) is 0 Å². The minimum atomic E-state index is -4.33. The maximum atomic E-state index is 12.7. The molecule has 7 heteroatoms. The summed E-state index contributed by atoms with van der Waals surface area (Å²) in [6.45, 7) is 1.27. The second-order valence-corrected chi connectivity index (χ2v) is 5.92. The SMILES string of the molecule is CCC1C(=O)NC2(CCCCC2)C(=O)N1CCC(F)(F)F. The topological polar surface area (TPSA) is 49.4 Å². The number of nitrogens with one attached hydrogen (secondary N) is 1. The standard InChI is InChI=1S/C14H21F3N2O2/c1-2-10-11(20)18-13(6-4-3-5-7-13)12(21)19(10)9-8-14(15,16)17/h10H,2-9H2,1H3,(H,18,20). The molecule has 1 aliphatic heterocycles. The lowest BCUT2D eigenvalue weighted by Gasteiger charge is -2.47. The van der Waals surface area contributed by atoms with Crippen molar-refractivity contribution in [1.29, 1.82) is 0 Å². The van der Waals surface area contributed by atoms with Crippen molar-refractivity contribution in [1.82, 2.24) is 10.2 Å². The van der Waals surface area contributed by atoms with Gasteiger partial charge in [-0.1, -0.05) is 26.2 Å². The van der Waals surface area contributed by atoms with E-state index in [0.717, 1.165) is 24.2 Å². The van der Waals surface area contributed by atoms with Gasteiger partial charge in [-0.3, -0.25) is 9.59 Å². The Morgan fingerprint density at radius 1 is 1.24 bits per heavy atom. The number of nitrogens with zero attached hydrogens (tertiary/aromatic N) is 1. The Hall–Kier alpha value is -1.27. The molecule has 0 bridgehead atoms. The van der Waals surface area contributed by atoms with E-state index in [0.29, 0.717) is 19.3 Å². The monoisotopic (exact) mass is 306 g/mol. The van der Waals surface area contributed by atoms with E-state index in [4.69, 9.17) is 0 Å². The van der Waals surface area contributed by atoms with Gasteiger partial charge < -0.3 is 10.2 Å². The van der Waals surface area contributed by atoms with E-state index in [9.17, 15) is 22.8 Å². The molecule has 0 aromatic carbocycles. The lowest BCUT2D eigenvalue weighted by molar-refractivity contribution is -0.164. The van der Waals surface area contributed by atoms with Crippen molar-refractivity contribution in [3.8, 4) is 0 Å². The molecule has 0 radical (unpaired) electrons. The van der Waals surface area contributed by atoms with Crippen LogP contribution >= 0.6 is 0 Å². The molecule has 1 saturated carbocycles. The Morgan fingerprint density at radius 2 is 1.86 bits per heavy atom. The highest BCUT2D eigenvalue weighted by molar-refractivity contribution is 5.99. The van der Waals surface area contributed by atoms with Crippen LogP contribution in [-0.2, 0) is 9.59 Å². The Bertz CT molecular complexity index is 417. The summed E-state index contributed by atoms with van der Waals surface area (Å²) in [5.74, 6) is -0.654. The molecule has 2 rings (SSSR count). The van der Waals surface area contributed by atoms with Crippen LogP contribution in [0.5, 0.6) is 0 Å². The number of halogens is 3. The minimum Gasteiger partial charge on any atom is -0.340 e. The van der Waals surface area contributed by atoms with Crippen LogP contribution in [0, 0.1) is 0 Å². The Kier molecular flexibility index (Phi) is 4.49. The fraction of sp³-hybridized carbons (Fsp3) is 0.857. The van der Waals surface area contributed by atoms with Gasteiger partial charge in [-0.05, 0) is 19.3 Å². The molecule has 0 aromatic heterocycles. The van der Waals surface area contributed by atoms with Crippen LogP contribution in [0.4, 0.5) is 13.2 Å². The molecule has 2 fully saturated rings. The van der Waals surface area contributed by atoms with Gasteiger partial charge in [0.05, 0.1) is 6.42 Å². The number of alkyl halides is 3. The summed E-state index contributed by atoms with van der Waals surface area (Å²) in [6, 6.07) is -0.785. The normalized spacial score (nSPS) is 26.1. The second kappa shape index (κ2) is 5.85. The zero-order valence-corrected chi connectivity index (χ0v) is 12.1. The Morgan fingerprint density at radius 3 is 2.38 bits per heavy atom. The average molecular weight is 306 g/mol. The summed E-state index contributed by atoms with van der Waals surface area (Å²) >= 11 is 0. The zero-order chi connectivity index (χ0) is 15.7. The highest BCUT2D eigenvalue weighted by atomic mass is 19.4. The number of carbonyl (C=O) groups excluding carboxylic acids is 2. The van der Waals surface area contributed by atoms with Crippen molar-refractivity contribution in [3.63, 3.8) is 0 Å². The third kappa shape index (κ3) is 3.32. The van der Waals surface area contributed by atoms with Crippen molar-refractivity contribution in [2.75, 3.05) is 6.54 Å². The summed E-state index contributed by atoms with van der Waals surface area (Å²) in [5.41, 5.74) is -0.966. The minimum absolute atomic E-state index is 0.318. The van der Waals surface area contributed by atoms with E-state index in [1.54, 1.807) is 6.92 Å². The highest BCUT2D eigenvalue weighted by Gasteiger charge is 2.50. The third-order valence-electron chi connectivity index (χ3n) is 4.44. The van der Waals surface area contributed by atoms with Crippen LogP contribution in [-0.4, -0.2) is 41.0 Å². The summed E-state index contributed by atoms with van der Waals surface area (Å²) in [7, 11) is 0. The van der Waals surface area contributed by atoms with Crippen molar-refractivity contribution in [2.45, 2.75) is 69.6 Å². The lowest BCUT2D eigenvalue weighted by atomic mass is 9.78. The molecule has 1 atom stereocenters. The fourth-order valence-corrected chi connectivity index (χ4v) is 3.34. The van der Waals surface area contributed by atoms with Crippen LogP contribution in [0.1, 0.15) is 51.9 Å². The summed E-state index contributed by atoms with van der Waals surface area (Å²) in [5, 5.41) is 2.80. The van der Waals surface area contributed by atoms with Crippen molar-refractivity contribution >= 4 is 11.8 Å². The number of hydrogen-bond donors (Lipinski definition) is 1. The zero-order valence-electron chi connectivity index (χ0n) is 12.1. The molecule has 1 N–H and O–H groups in total. The van der Waals surface area contributed by atoms with E-state index in [1.165, 1.54) is 0 Å². The molecule has 4 nitrogen and oxygen atoms in total. The summed E-state index contributed by atoms with van der Waals surface area (Å²) in [6.07, 6.45) is -1.40. The predicted octanol–water partition coefficient (Wildman–Crippen LogP) is 2.38. The molecule has 2 aliphatic rings. The molecule has 2 amide bonds. The number of piperazine rings is 1. The number of rotatable bonds is 3. The largest absolute Gasteiger partial charge is 0.390 e. The average Bonchev–Trinajstić information content (AvgIpc) is 2.41. The Labute approximate surface area is 122 Å². The molecule has 1 aliphatic carbocycles. The maximum absolute atomic E-state index is 12.7. The molecule has 120 valence electrons. The third-order valence-corrected chi connectivity index (χ3v) is 4.44. The molecule has 21 heavy (non-hydrogen) atoms. The first-order chi connectivity index (χ1) is 9.79. The molecular weight excluding hydrogens is 285 g/mol. The first kappa shape index (κ1) is 16.1. The van der Waals surface area contributed by atoms with E-state index in [2.05, 4.69) is 5.32 Å². The number of hydrogen-bond acceptors (Lipinski definition) is 2. The van der Waals surface area contributed by atoms with Crippen LogP contribution in [0.2, 0.25) is 0 Å². The molecule has 1 unspecified atom stereocenters. The Balaban J connectivity index is 2.20. The van der Waals surface area contributed by atoms with E-state index in [1.807, 2.05) is 0 Å². The first-order valence-electron chi connectivity index (χ1n) is 7.49. The quantitative estimate of drug-likeness (QED) is 0.870. The second-order valence-electron chi connectivity index (χ2n) is 5.92. The molecular formula is C14H21F3N2O2. The summed E-state index contributed by atoms with van der Waals surface area (Å²) < 4.78 is 37.4. The van der Waals surface area contributed by atoms with E-state index < -0.39 is 30.7 Å². The van der Waals surface area contributed by atoms with Gasteiger partial charge in [-0.2, -0.15) is 13.2 Å². The number of carbonyl (C=O) groups is 2. The van der Waals surface area contributed by atoms with Gasteiger partial charge in [-0.25, -0.2) is 0 Å². The van der Waals surface area contributed by atoms with Gasteiger partial charge in [0.15, 0.2) is 0 Å². The maximum Gasteiger partial charge on any atom is 0.390 e. The van der Waals surface area contributed by atoms with Gasteiger partial charge in [0.2, 0.25) is 11.8 Å². The van der Waals surface area contributed by atoms with Gasteiger partial charge in [0, 0.05) is 6.54 Å². The van der Waals surface area contributed by atoms with Gasteiger partial charge in [-0.15, -0.1) is 0 Å². The fourth-order valence-electron chi connectivity index (χ4n) is 3.34. The van der Waals surface area contributed by atoms with Crippen molar-refractivity contribution in [3.05, 3.63) is 0 Å². The highest BCUT2D eigenvalue weighted by Crippen LogP contribution is 2.34. The van der Waals surface area contributed by atoms with E-state index >= 15 is 0 Å². The van der Waals surface area contributed by atoms with Crippen LogP contribution in [0.15, 0.2) is 0 Å². The van der Waals surface area contributed by atoms with Crippen LogP contribution in [0.3, 0.4) is 0 Å². The van der Waals surface area contributed by atoms with Gasteiger partial charge in [0.25, 0.3) is 0 Å². The first-order valence-corrected chi connectivity index (χ1v) is 7.49. The molecule has 1 saturated heterocycles. The lowest BCUT2D eigenvalue weighted by Crippen LogP contribution is -2.70. The number of amides is 2. The van der Waals surface area contributed by atoms with Crippen molar-refractivity contribution < 1.29 is 22.8 Å². The van der Waals surface area contributed by atoms with Gasteiger partial charge in [0.1, 0.15) is 11.6 Å².